The molecular weight excluding hydrogens is 457 g/mol. The van der Waals surface area contributed by atoms with Crippen molar-refractivity contribution in [3.8, 4) is 5.75 Å². The van der Waals surface area contributed by atoms with Gasteiger partial charge in [0, 0.05) is 19.2 Å². The van der Waals surface area contributed by atoms with E-state index < -0.39 is 38.6 Å². The predicted molar refractivity (Wildman–Crippen MR) is 117 cm³/mol. The van der Waals surface area contributed by atoms with Gasteiger partial charge in [-0.05, 0) is 51.1 Å². The number of nitro benzene ring substituents is 1. The van der Waals surface area contributed by atoms with Crippen LogP contribution >= 0.6 is 0 Å². The third-order valence-corrected chi connectivity index (χ3v) is 6.46. The minimum atomic E-state index is -4.22. The number of fused-ring (bicyclic) bond motifs is 1. The number of halogens is 1. The second-order valence-corrected chi connectivity index (χ2v) is 10.4. The van der Waals surface area contributed by atoms with Gasteiger partial charge >= 0.3 is 6.09 Å². The number of nitrogens with zero attached hydrogens (tertiary/aromatic N) is 3. The lowest BCUT2D eigenvalue weighted by molar-refractivity contribution is -0.384. The van der Waals surface area contributed by atoms with E-state index in [1.807, 2.05) is 0 Å². The van der Waals surface area contributed by atoms with E-state index in [0.29, 0.717) is 0 Å². The number of benzene rings is 2. The molecule has 1 amide bonds. The minimum Gasteiger partial charge on any atom is -0.484 e. The summed E-state index contributed by atoms with van der Waals surface area (Å²) in [7, 11) is -2.74. The van der Waals surface area contributed by atoms with Crippen molar-refractivity contribution in [2.24, 2.45) is 0 Å². The van der Waals surface area contributed by atoms with E-state index in [4.69, 9.17) is 9.47 Å². The third-order valence-electron chi connectivity index (χ3n) is 4.67. The van der Waals surface area contributed by atoms with Crippen molar-refractivity contribution in [1.29, 1.82) is 0 Å². The van der Waals surface area contributed by atoms with Gasteiger partial charge in [-0.2, -0.15) is 0 Å². The van der Waals surface area contributed by atoms with Crippen molar-refractivity contribution in [1.82, 2.24) is 4.90 Å². The monoisotopic (exact) mass is 481 g/mol. The molecule has 0 spiro atoms. The molecule has 1 aliphatic rings. The largest absolute Gasteiger partial charge is 0.484 e. The molecule has 0 aliphatic carbocycles. The predicted octanol–water partition coefficient (Wildman–Crippen LogP) is 3.56. The van der Waals surface area contributed by atoms with E-state index in [2.05, 4.69) is 0 Å². The van der Waals surface area contributed by atoms with Crippen LogP contribution in [0.15, 0.2) is 47.4 Å². The van der Waals surface area contributed by atoms with Gasteiger partial charge in [0.25, 0.3) is 15.7 Å². The summed E-state index contributed by atoms with van der Waals surface area (Å²) in [5, 5.41) is 11.2. The normalized spacial score (nSPS) is 15.9. The Morgan fingerprint density at radius 2 is 1.91 bits per heavy atom. The molecule has 0 saturated heterocycles. The minimum absolute atomic E-state index is 0.0131. The number of rotatable bonds is 5. The number of non-ortho nitro benzene ring substituents is 1. The quantitative estimate of drug-likeness (QED) is 0.473. The summed E-state index contributed by atoms with van der Waals surface area (Å²) in [6.07, 6.45) is -1.42. The highest BCUT2D eigenvalue weighted by Crippen LogP contribution is 2.39. The molecule has 1 unspecified atom stereocenters. The first-order valence-electron chi connectivity index (χ1n) is 9.95. The molecule has 1 aliphatic heterocycles. The summed E-state index contributed by atoms with van der Waals surface area (Å²) in [6.45, 7) is 4.91. The first kappa shape index (κ1) is 24.2. The van der Waals surface area contributed by atoms with Gasteiger partial charge in [-0.3, -0.25) is 14.4 Å². The van der Waals surface area contributed by atoms with Gasteiger partial charge in [-0.15, -0.1) is 0 Å². The lowest BCUT2D eigenvalue weighted by atomic mass is 10.2. The highest BCUT2D eigenvalue weighted by Gasteiger charge is 2.37. The van der Waals surface area contributed by atoms with Gasteiger partial charge in [0.1, 0.15) is 29.0 Å². The average Bonchev–Trinajstić information content (AvgIpc) is 2.71. The fraction of sp³-hybridized carbons (Fsp3) is 0.381. The summed E-state index contributed by atoms with van der Waals surface area (Å²) >= 11 is 0. The number of hydrogen-bond acceptors (Lipinski definition) is 7. The van der Waals surface area contributed by atoms with Gasteiger partial charge in [-0.1, -0.05) is 0 Å². The summed E-state index contributed by atoms with van der Waals surface area (Å²) in [6, 6.07) is 7.84. The lowest BCUT2D eigenvalue weighted by Crippen LogP contribution is -2.49. The fourth-order valence-electron chi connectivity index (χ4n) is 3.19. The highest BCUT2D eigenvalue weighted by atomic mass is 32.2. The molecule has 178 valence electrons. The van der Waals surface area contributed by atoms with Crippen LogP contribution in [0.1, 0.15) is 20.8 Å². The Hall–Kier alpha value is -3.41. The van der Waals surface area contributed by atoms with Crippen LogP contribution in [0.3, 0.4) is 0 Å². The molecule has 2 aromatic carbocycles. The second-order valence-electron chi connectivity index (χ2n) is 8.50. The Morgan fingerprint density at radius 3 is 2.48 bits per heavy atom. The number of hydrogen-bond donors (Lipinski definition) is 0. The van der Waals surface area contributed by atoms with Crippen LogP contribution in [0, 0.1) is 15.9 Å². The van der Waals surface area contributed by atoms with Gasteiger partial charge in [-0.25, -0.2) is 17.6 Å². The topological polar surface area (TPSA) is 119 Å². The molecule has 10 nitrogen and oxygen atoms in total. The average molecular weight is 482 g/mol. The van der Waals surface area contributed by atoms with Gasteiger partial charge in [0.2, 0.25) is 0 Å². The molecule has 0 aromatic heterocycles. The van der Waals surface area contributed by atoms with Crippen LogP contribution in [0.4, 0.5) is 20.6 Å². The van der Waals surface area contributed by atoms with Crippen molar-refractivity contribution in [2.45, 2.75) is 37.4 Å². The Labute approximate surface area is 190 Å². The molecule has 0 bridgehead atoms. The fourth-order valence-corrected chi connectivity index (χ4v) is 4.69. The van der Waals surface area contributed by atoms with Crippen LogP contribution in [-0.4, -0.2) is 56.2 Å². The van der Waals surface area contributed by atoms with E-state index >= 15 is 0 Å². The Balaban J connectivity index is 1.97. The molecular formula is C21H24FN3O7S. The maximum atomic E-state index is 13.4. The van der Waals surface area contributed by atoms with Gasteiger partial charge in [0.05, 0.1) is 22.9 Å². The van der Waals surface area contributed by atoms with E-state index in [1.54, 1.807) is 20.8 Å². The molecule has 1 atom stereocenters. The number of amides is 1. The van der Waals surface area contributed by atoms with Crippen molar-refractivity contribution in [2.75, 3.05) is 24.4 Å². The first-order chi connectivity index (χ1) is 15.3. The zero-order chi connectivity index (χ0) is 24.6. The maximum absolute atomic E-state index is 13.4. The molecule has 0 saturated carbocycles. The number of anilines is 1. The summed E-state index contributed by atoms with van der Waals surface area (Å²) in [5.41, 5.74) is -1.06. The number of nitro groups is 1. The van der Waals surface area contributed by atoms with Crippen LogP contribution in [0.25, 0.3) is 0 Å². The molecule has 0 N–H and O–H groups in total. The number of carbonyl (C=O) groups is 1. The SMILES string of the molecule is CN(CC1CN(S(=O)(=O)c2ccc(F)cc2)c2cc([N+](=O)[O-])ccc2O1)C(=O)OC(C)(C)C. The number of likely N-dealkylation sites (N-methyl/N-ethyl adjacent to an activating group) is 1. The second kappa shape index (κ2) is 8.85. The smallest absolute Gasteiger partial charge is 0.410 e. The van der Waals surface area contributed by atoms with E-state index in [0.717, 1.165) is 34.6 Å². The number of carbonyl (C=O) groups excluding carboxylic acids is 1. The molecule has 33 heavy (non-hydrogen) atoms. The Kier molecular flexibility index (Phi) is 6.50. The number of ether oxygens (including phenoxy) is 2. The van der Waals surface area contributed by atoms with Crippen LogP contribution in [0.2, 0.25) is 0 Å². The summed E-state index contributed by atoms with van der Waals surface area (Å²) in [4.78, 5) is 24.0. The van der Waals surface area contributed by atoms with Crippen molar-refractivity contribution in [3.63, 3.8) is 0 Å². The molecule has 2 aromatic rings. The first-order valence-corrected chi connectivity index (χ1v) is 11.4. The maximum Gasteiger partial charge on any atom is 0.410 e. The third kappa shape index (κ3) is 5.51. The summed E-state index contributed by atoms with van der Waals surface area (Å²) in [5.74, 6) is -0.510. The highest BCUT2D eigenvalue weighted by molar-refractivity contribution is 7.92. The van der Waals surface area contributed by atoms with Crippen LogP contribution in [-0.2, 0) is 14.8 Å². The molecule has 0 fully saturated rings. The Morgan fingerprint density at radius 1 is 1.27 bits per heavy atom. The molecule has 3 rings (SSSR count). The van der Waals surface area contributed by atoms with Crippen molar-refractivity contribution >= 4 is 27.5 Å². The summed E-state index contributed by atoms with van der Waals surface area (Å²) < 4.78 is 52.2. The van der Waals surface area contributed by atoms with E-state index in [9.17, 15) is 27.7 Å². The van der Waals surface area contributed by atoms with Crippen LogP contribution in [0.5, 0.6) is 5.75 Å². The van der Waals surface area contributed by atoms with E-state index in [1.165, 1.54) is 24.1 Å². The molecule has 0 radical (unpaired) electrons. The molecule has 12 heteroatoms. The lowest BCUT2D eigenvalue weighted by Gasteiger charge is -2.36. The number of sulfonamides is 1. The van der Waals surface area contributed by atoms with E-state index in [-0.39, 0.29) is 35.1 Å². The molecule has 1 heterocycles. The van der Waals surface area contributed by atoms with Gasteiger partial charge < -0.3 is 14.4 Å². The van der Waals surface area contributed by atoms with Crippen molar-refractivity contribution < 1.29 is 32.0 Å². The standard InChI is InChI=1S/C21H24FN3O7S/c1-21(2,3)32-20(26)23(4)12-16-13-24(33(29,30)17-8-5-14(22)6-9-17)18-11-15(25(27)28)7-10-19(18)31-16/h5-11,16H,12-13H2,1-4H3. The zero-order valence-electron chi connectivity index (χ0n) is 18.5. The Bertz CT molecular complexity index is 1160. The van der Waals surface area contributed by atoms with Crippen molar-refractivity contribution in [3.05, 3.63) is 58.4 Å². The van der Waals surface area contributed by atoms with Crippen LogP contribution < -0.4 is 9.04 Å². The van der Waals surface area contributed by atoms with Gasteiger partial charge in [0.15, 0.2) is 0 Å². The zero-order valence-corrected chi connectivity index (χ0v) is 19.3.